The molecule has 0 bridgehead atoms. The SMILES string of the molecule is C/C(=N\NC(=O)c1nc2nc(C)cc(C)n2n1)c1ccccc1. The van der Waals surface area contributed by atoms with Crippen molar-refractivity contribution in [2.24, 2.45) is 5.10 Å². The van der Waals surface area contributed by atoms with Crippen LogP contribution in [0.3, 0.4) is 0 Å². The molecule has 0 aliphatic heterocycles. The third kappa shape index (κ3) is 3.08. The molecule has 1 N–H and O–H groups in total. The van der Waals surface area contributed by atoms with Crippen LogP contribution in [-0.2, 0) is 0 Å². The molecule has 7 nitrogen and oxygen atoms in total. The molecule has 2 heterocycles. The Kier molecular flexibility index (Phi) is 3.84. The molecule has 0 fully saturated rings. The molecule has 3 rings (SSSR count). The molecule has 0 atom stereocenters. The average molecular weight is 308 g/mol. The van der Waals surface area contributed by atoms with Gasteiger partial charge >= 0.3 is 5.91 Å². The summed E-state index contributed by atoms with van der Waals surface area (Å²) in [6, 6.07) is 11.5. The monoisotopic (exact) mass is 308 g/mol. The zero-order valence-electron chi connectivity index (χ0n) is 13.1. The van der Waals surface area contributed by atoms with Crippen LogP contribution in [0.5, 0.6) is 0 Å². The molecule has 116 valence electrons. The number of aryl methyl sites for hydroxylation is 2. The summed E-state index contributed by atoms with van der Waals surface area (Å²) in [5, 5.41) is 8.25. The van der Waals surface area contributed by atoms with Gasteiger partial charge in [-0.25, -0.2) is 14.9 Å². The molecule has 0 radical (unpaired) electrons. The number of nitrogens with zero attached hydrogens (tertiary/aromatic N) is 5. The molecular weight excluding hydrogens is 292 g/mol. The molecule has 0 aliphatic rings. The number of rotatable bonds is 3. The summed E-state index contributed by atoms with van der Waals surface area (Å²) in [6.45, 7) is 5.58. The highest BCUT2D eigenvalue weighted by molar-refractivity contribution is 6.00. The lowest BCUT2D eigenvalue weighted by atomic mass is 10.1. The van der Waals surface area contributed by atoms with Crippen LogP contribution in [-0.4, -0.2) is 31.2 Å². The Morgan fingerprint density at radius 2 is 1.91 bits per heavy atom. The smallest absolute Gasteiger partial charge is 0.264 e. The van der Waals surface area contributed by atoms with E-state index >= 15 is 0 Å². The number of fused-ring (bicyclic) bond motifs is 1. The van der Waals surface area contributed by atoms with Crippen LogP contribution in [0.4, 0.5) is 0 Å². The molecule has 3 aromatic rings. The predicted molar refractivity (Wildman–Crippen MR) is 86.4 cm³/mol. The number of hydrogen-bond acceptors (Lipinski definition) is 5. The van der Waals surface area contributed by atoms with Gasteiger partial charge in [0, 0.05) is 11.4 Å². The molecule has 0 unspecified atom stereocenters. The maximum absolute atomic E-state index is 12.2. The van der Waals surface area contributed by atoms with Crippen molar-refractivity contribution in [1.82, 2.24) is 25.0 Å². The van der Waals surface area contributed by atoms with Gasteiger partial charge in [-0.15, -0.1) is 5.10 Å². The Bertz CT molecular complexity index is 898. The standard InChI is InChI=1S/C16H16N6O/c1-10-9-11(2)22-16(17-10)18-14(21-22)15(23)20-19-12(3)13-7-5-4-6-8-13/h4-9H,1-3H3,(H,20,23)/b19-12+. The fourth-order valence-corrected chi connectivity index (χ4v) is 2.19. The van der Waals surface area contributed by atoms with Crippen LogP contribution < -0.4 is 5.43 Å². The number of benzene rings is 1. The van der Waals surface area contributed by atoms with Gasteiger partial charge in [0.15, 0.2) is 0 Å². The van der Waals surface area contributed by atoms with Gasteiger partial charge in [0.25, 0.3) is 5.78 Å². The summed E-state index contributed by atoms with van der Waals surface area (Å²) >= 11 is 0. The molecule has 1 aromatic carbocycles. The van der Waals surface area contributed by atoms with E-state index in [1.165, 1.54) is 4.52 Å². The molecule has 0 saturated carbocycles. The Balaban J connectivity index is 1.82. The van der Waals surface area contributed by atoms with Crippen molar-refractivity contribution >= 4 is 17.4 Å². The van der Waals surface area contributed by atoms with Gasteiger partial charge < -0.3 is 0 Å². The van der Waals surface area contributed by atoms with E-state index < -0.39 is 5.91 Å². The Labute approximate surface area is 133 Å². The van der Waals surface area contributed by atoms with Crippen molar-refractivity contribution < 1.29 is 4.79 Å². The van der Waals surface area contributed by atoms with Crippen LogP contribution >= 0.6 is 0 Å². The summed E-state index contributed by atoms with van der Waals surface area (Å²) in [7, 11) is 0. The second-order valence-electron chi connectivity index (χ2n) is 5.19. The summed E-state index contributed by atoms with van der Waals surface area (Å²) in [5.41, 5.74) is 5.80. The zero-order valence-corrected chi connectivity index (χ0v) is 13.1. The summed E-state index contributed by atoms with van der Waals surface area (Å²) in [6.07, 6.45) is 0. The van der Waals surface area contributed by atoms with Crippen molar-refractivity contribution in [3.63, 3.8) is 0 Å². The maximum Gasteiger partial charge on any atom is 0.311 e. The third-order valence-electron chi connectivity index (χ3n) is 3.34. The van der Waals surface area contributed by atoms with Gasteiger partial charge in [-0.05, 0) is 32.4 Å². The molecule has 1 amide bonds. The quantitative estimate of drug-likeness (QED) is 0.591. The third-order valence-corrected chi connectivity index (χ3v) is 3.34. The molecule has 23 heavy (non-hydrogen) atoms. The van der Waals surface area contributed by atoms with Crippen molar-refractivity contribution in [2.45, 2.75) is 20.8 Å². The highest BCUT2D eigenvalue weighted by Gasteiger charge is 2.14. The molecule has 2 aromatic heterocycles. The first-order chi connectivity index (χ1) is 11.0. The van der Waals surface area contributed by atoms with Gasteiger partial charge in [-0.1, -0.05) is 30.3 Å². The number of hydrogen-bond donors (Lipinski definition) is 1. The maximum atomic E-state index is 12.2. The number of carbonyl (C=O) groups excluding carboxylic acids is 1. The topological polar surface area (TPSA) is 84.5 Å². The van der Waals surface area contributed by atoms with Crippen LogP contribution in [0, 0.1) is 13.8 Å². The lowest BCUT2D eigenvalue weighted by Gasteiger charge is -2.00. The van der Waals surface area contributed by atoms with Crippen molar-refractivity contribution in [3.05, 3.63) is 59.2 Å². The lowest BCUT2D eigenvalue weighted by Crippen LogP contribution is -2.20. The average Bonchev–Trinajstić information content (AvgIpc) is 2.97. The number of nitrogens with one attached hydrogen (secondary N) is 1. The van der Waals surface area contributed by atoms with E-state index in [0.717, 1.165) is 17.0 Å². The summed E-state index contributed by atoms with van der Waals surface area (Å²) in [5.74, 6) is -0.0324. The minimum absolute atomic E-state index is 0.0378. The fourth-order valence-electron chi connectivity index (χ4n) is 2.19. The van der Waals surface area contributed by atoms with E-state index in [2.05, 4.69) is 25.6 Å². The molecule has 0 aliphatic carbocycles. The van der Waals surface area contributed by atoms with Gasteiger partial charge in [0.1, 0.15) is 0 Å². The number of aromatic nitrogens is 4. The first-order valence-electron chi connectivity index (χ1n) is 7.15. The highest BCUT2D eigenvalue weighted by atomic mass is 16.2. The van der Waals surface area contributed by atoms with Gasteiger partial charge in [-0.2, -0.15) is 10.1 Å². The van der Waals surface area contributed by atoms with Crippen molar-refractivity contribution in [1.29, 1.82) is 0 Å². The zero-order chi connectivity index (χ0) is 16.4. The minimum Gasteiger partial charge on any atom is -0.264 e. The van der Waals surface area contributed by atoms with Crippen LogP contribution in [0.25, 0.3) is 5.78 Å². The second kappa shape index (κ2) is 5.96. The molecule has 0 spiro atoms. The Morgan fingerprint density at radius 1 is 1.17 bits per heavy atom. The lowest BCUT2D eigenvalue weighted by molar-refractivity contribution is 0.0944. The summed E-state index contributed by atoms with van der Waals surface area (Å²) < 4.78 is 1.54. The molecular formula is C16H16N6O. The number of carbonyl (C=O) groups is 1. The number of amides is 1. The highest BCUT2D eigenvalue weighted by Crippen LogP contribution is 2.05. The van der Waals surface area contributed by atoms with Gasteiger partial charge in [0.05, 0.1) is 5.71 Å². The summed E-state index contributed by atoms with van der Waals surface area (Å²) in [4.78, 5) is 20.6. The Hall–Kier alpha value is -3.09. The van der Waals surface area contributed by atoms with Crippen LogP contribution in [0.2, 0.25) is 0 Å². The van der Waals surface area contributed by atoms with Gasteiger partial charge in [0.2, 0.25) is 5.82 Å². The number of hydrazone groups is 1. The largest absolute Gasteiger partial charge is 0.311 e. The van der Waals surface area contributed by atoms with E-state index in [-0.39, 0.29) is 5.82 Å². The van der Waals surface area contributed by atoms with E-state index in [0.29, 0.717) is 11.5 Å². The minimum atomic E-state index is -0.470. The van der Waals surface area contributed by atoms with E-state index in [1.54, 1.807) is 0 Å². The van der Waals surface area contributed by atoms with Gasteiger partial charge in [-0.3, -0.25) is 4.79 Å². The van der Waals surface area contributed by atoms with Crippen molar-refractivity contribution in [3.8, 4) is 0 Å². The van der Waals surface area contributed by atoms with Crippen molar-refractivity contribution in [2.75, 3.05) is 0 Å². The second-order valence-corrected chi connectivity index (χ2v) is 5.19. The first-order valence-corrected chi connectivity index (χ1v) is 7.15. The predicted octanol–water partition coefficient (Wildman–Crippen LogP) is 1.90. The van der Waals surface area contributed by atoms with Crippen LogP contribution in [0.1, 0.15) is 34.5 Å². The normalized spacial score (nSPS) is 11.7. The van der Waals surface area contributed by atoms with E-state index in [1.807, 2.05) is 57.2 Å². The van der Waals surface area contributed by atoms with E-state index in [4.69, 9.17) is 0 Å². The fraction of sp³-hybridized carbons (Fsp3) is 0.188. The van der Waals surface area contributed by atoms with Crippen LogP contribution in [0.15, 0.2) is 41.5 Å². The van der Waals surface area contributed by atoms with E-state index in [9.17, 15) is 4.79 Å². The molecule has 7 heteroatoms. The molecule has 0 saturated heterocycles. The Morgan fingerprint density at radius 3 is 2.65 bits per heavy atom. The first kappa shape index (κ1) is 14.8.